The fourth-order valence-electron chi connectivity index (χ4n) is 7.50. The third-order valence-corrected chi connectivity index (χ3v) is 9.81. The molecule has 0 heterocycles. The molecule has 0 aromatic rings. The largest absolute Gasteiger partial charge is 0.0654 e. The normalized spacial score (nSPS) is 22.3. The molecule has 1 fully saturated rings. The second kappa shape index (κ2) is 25.3. The first-order valence-corrected chi connectivity index (χ1v) is 17.8. The Balaban J connectivity index is 2.53. The van der Waals surface area contributed by atoms with E-state index in [2.05, 4.69) is 27.7 Å². The van der Waals surface area contributed by atoms with Crippen LogP contribution in [0.2, 0.25) is 0 Å². The van der Waals surface area contributed by atoms with Gasteiger partial charge in [-0.25, -0.2) is 0 Å². The molecule has 216 valence electrons. The summed E-state index contributed by atoms with van der Waals surface area (Å²) >= 11 is 0. The molecule has 0 aromatic carbocycles. The van der Waals surface area contributed by atoms with E-state index in [4.69, 9.17) is 0 Å². The number of hydrogen-bond acceptors (Lipinski definition) is 0. The SMILES string of the molecule is CCCCCCCCCCCC1C(CCCC)CCC(CCCCCCCCCC)C1CCCCC. The minimum atomic E-state index is 1.06. The molecule has 0 radical (unpaired) electrons. The molecule has 1 aliphatic carbocycles. The van der Waals surface area contributed by atoms with E-state index in [9.17, 15) is 0 Å². The van der Waals surface area contributed by atoms with Crippen LogP contribution in [0.3, 0.4) is 0 Å². The van der Waals surface area contributed by atoms with Crippen molar-refractivity contribution in [2.24, 2.45) is 23.7 Å². The Hall–Kier alpha value is 0. The molecule has 4 atom stereocenters. The first kappa shape index (κ1) is 34.0. The first-order valence-electron chi connectivity index (χ1n) is 17.8. The topological polar surface area (TPSA) is 0 Å². The maximum absolute atomic E-state index is 2.40. The Morgan fingerprint density at radius 3 is 1.00 bits per heavy atom. The van der Waals surface area contributed by atoms with Crippen LogP contribution in [-0.2, 0) is 0 Å². The standard InChI is InChI=1S/C36H72/c1-5-9-13-15-17-19-21-23-26-30-36-33(27-12-8-4)31-32-34(35(36)29-24-11-7-3)28-25-22-20-18-16-14-10-6-2/h33-36H,5-32H2,1-4H3. The van der Waals surface area contributed by atoms with Crippen LogP contribution < -0.4 is 0 Å². The van der Waals surface area contributed by atoms with E-state index < -0.39 is 0 Å². The minimum absolute atomic E-state index is 1.06. The second-order valence-corrected chi connectivity index (χ2v) is 12.9. The van der Waals surface area contributed by atoms with Gasteiger partial charge >= 0.3 is 0 Å². The zero-order chi connectivity index (χ0) is 26.1. The van der Waals surface area contributed by atoms with Gasteiger partial charge in [0.2, 0.25) is 0 Å². The van der Waals surface area contributed by atoms with Crippen LogP contribution in [0.4, 0.5) is 0 Å². The van der Waals surface area contributed by atoms with E-state index in [0.717, 1.165) is 23.7 Å². The van der Waals surface area contributed by atoms with Gasteiger partial charge in [0.1, 0.15) is 0 Å². The fourth-order valence-corrected chi connectivity index (χ4v) is 7.50. The molecule has 1 saturated carbocycles. The van der Waals surface area contributed by atoms with Crippen molar-refractivity contribution in [3.63, 3.8) is 0 Å². The van der Waals surface area contributed by atoms with E-state index in [1.54, 1.807) is 32.1 Å². The van der Waals surface area contributed by atoms with Crippen molar-refractivity contribution in [2.75, 3.05) is 0 Å². The lowest BCUT2D eigenvalue weighted by molar-refractivity contribution is 0.0584. The summed E-state index contributed by atoms with van der Waals surface area (Å²) in [5.41, 5.74) is 0. The Morgan fingerprint density at radius 2 is 0.583 bits per heavy atom. The molecule has 0 saturated heterocycles. The summed E-state index contributed by atoms with van der Waals surface area (Å²) in [6.45, 7) is 9.45. The van der Waals surface area contributed by atoms with Crippen molar-refractivity contribution in [1.29, 1.82) is 0 Å². The van der Waals surface area contributed by atoms with Gasteiger partial charge in [-0.3, -0.25) is 0 Å². The molecule has 0 nitrogen and oxygen atoms in total. The summed E-state index contributed by atoms with van der Waals surface area (Å²) in [5, 5.41) is 0. The van der Waals surface area contributed by atoms with Crippen molar-refractivity contribution in [3.05, 3.63) is 0 Å². The average molecular weight is 505 g/mol. The summed E-state index contributed by atoms with van der Waals surface area (Å²) in [7, 11) is 0. The molecular weight excluding hydrogens is 432 g/mol. The van der Waals surface area contributed by atoms with E-state index >= 15 is 0 Å². The fraction of sp³-hybridized carbons (Fsp3) is 1.00. The van der Waals surface area contributed by atoms with E-state index in [-0.39, 0.29) is 0 Å². The quantitative estimate of drug-likeness (QED) is 0.103. The van der Waals surface area contributed by atoms with Gasteiger partial charge in [-0.1, -0.05) is 182 Å². The molecule has 0 amide bonds. The van der Waals surface area contributed by atoms with Crippen LogP contribution in [0.25, 0.3) is 0 Å². The van der Waals surface area contributed by atoms with E-state index in [0.29, 0.717) is 0 Å². The predicted molar refractivity (Wildman–Crippen MR) is 166 cm³/mol. The smallest absolute Gasteiger partial charge is 0.0355 e. The van der Waals surface area contributed by atoms with Crippen molar-refractivity contribution in [1.82, 2.24) is 0 Å². The van der Waals surface area contributed by atoms with Crippen LogP contribution in [-0.4, -0.2) is 0 Å². The van der Waals surface area contributed by atoms with Gasteiger partial charge in [-0.05, 0) is 49.4 Å². The minimum Gasteiger partial charge on any atom is -0.0654 e. The molecule has 0 aliphatic heterocycles. The number of rotatable bonds is 26. The molecule has 0 aromatic heterocycles. The summed E-state index contributed by atoms with van der Waals surface area (Å²) in [6, 6.07) is 0. The lowest BCUT2D eigenvalue weighted by atomic mass is 9.61. The van der Waals surface area contributed by atoms with E-state index in [1.807, 2.05) is 0 Å². The van der Waals surface area contributed by atoms with Gasteiger partial charge in [-0.2, -0.15) is 0 Å². The molecular formula is C36H72. The van der Waals surface area contributed by atoms with Crippen molar-refractivity contribution >= 4 is 0 Å². The molecule has 0 N–H and O–H groups in total. The zero-order valence-electron chi connectivity index (χ0n) is 26.1. The first-order chi connectivity index (χ1) is 17.8. The zero-order valence-corrected chi connectivity index (χ0v) is 26.1. The maximum Gasteiger partial charge on any atom is -0.0355 e. The summed E-state index contributed by atoms with van der Waals surface area (Å²) in [4.78, 5) is 0. The van der Waals surface area contributed by atoms with Gasteiger partial charge in [0.15, 0.2) is 0 Å². The lowest BCUT2D eigenvalue weighted by Gasteiger charge is -2.44. The molecule has 4 unspecified atom stereocenters. The van der Waals surface area contributed by atoms with Gasteiger partial charge in [0.05, 0.1) is 0 Å². The maximum atomic E-state index is 2.40. The summed E-state index contributed by atoms with van der Waals surface area (Å²) < 4.78 is 0. The van der Waals surface area contributed by atoms with Crippen LogP contribution in [0.5, 0.6) is 0 Å². The monoisotopic (exact) mass is 505 g/mol. The van der Waals surface area contributed by atoms with Crippen LogP contribution >= 0.6 is 0 Å². The number of hydrogen-bond donors (Lipinski definition) is 0. The highest BCUT2D eigenvalue weighted by molar-refractivity contribution is 4.87. The molecule has 0 heteroatoms. The Labute approximate surface area is 231 Å². The summed E-state index contributed by atoms with van der Waals surface area (Å²) in [6.07, 6.45) is 41.6. The molecule has 0 bridgehead atoms. The molecule has 1 rings (SSSR count). The van der Waals surface area contributed by atoms with Crippen LogP contribution in [0.1, 0.15) is 207 Å². The molecule has 1 aliphatic rings. The highest BCUT2D eigenvalue weighted by Gasteiger charge is 2.37. The van der Waals surface area contributed by atoms with Gasteiger partial charge in [0, 0.05) is 0 Å². The van der Waals surface area contributed by atoms with Gasteiger partial charge < -0.3 is 0 Å². The predicted octanol–water partition coefficient (Wildman–Crippen LogP) is 13.5. The Morgan fingerprint density at radius 1 is 0.306 bits per heavy atom. The van der Waals surface area contributed by atoms with Crippen molar-refractivity contribution in [3.8, 4) is 0 Å². The average Bonchev–Trinajstić information content (AvgIpc) is 2.89. The molecule has 36 heavy (non-hydrogen) atoms. The highest BCUT2D eigenvalue weighted by atomic mass is 14.4. The van der Waals surface area contributed by atoms with Crippen molar-refractivity contribution < 1.29 is 0 Å². The Kier molecular flexibility index (Phi) is 23.9. The highest BCUT2D eigenvalue weighted by Crippen LogP contribution is 2.47. The number of unbranched alkanes of at least 4 members (excludes halogenated alkanes) is 18. The Bertz CT molecular complexity index is 426. The lowest BCUT2D eigenvalue weighted by Crippen LogP contribution is -2.35. The van der Waals surface area contributed by atoms with Gasteiger partial charge in [0.25, 0.3) is 0 Å². The third-order valence-electron chi connectivity index (χ3n) is 9.81. The van der Waals surface area contributed by atoms with Gasteiger partial charge in [-0.15, -0.1) is 0 Å². The summed E-state index contributed by atoms with van der Waals surface area (Å²) in [5.74, 6) is 4.24. The van der Waals surface area contributed by atoms with Crippen LogP contribution in [0.15, 0.2) is 0 Å². The molecule has 0 spiro atoms. The van der Waals surface area contributed by atoms with Crippen LogP contribution in [0, 0.1) is 23.7 Å². The second-order valence-electron chi connectivity index (χ2n) is 12.9. The van der Waals surface area contributed by atoms with E-state index in [1.165, 1.54) is 148 Å². The van der Waals surface area contributed by atoms with Crippen molar-refractivity contribution in [2.45, 2.75) is 207 Å². The third kappa shape index (κ3) is 16.8.